The van der Waals surface area contributed by atoms with E-state index >= 15 is 0 Å². The summed E-state index contributed by atoms with van der Waals surface area (Å²) in [6, 6.07) is 14.7. The van der Waals surface area contributed by atoms with E-state index in [-0.39, 0.29) is 6.61 Å². The van der Waals surface area contributed by atoms with Gasteiger partial charge in [0.05, 0.1) is 17.7 Å². The fourth-order valence-corrected chi connectivity index (χ4v) is 2.55. The number of aromatic nitrogens is 1. The Bertz CT molecular complexity index is 922. The molecule has 0 atom stereocenters. The van der Waals surface area contributed by atoms with Crippen molar-refractivity contribution in [1.29, 1.82) is 5.26 Å². The molecule has 3 rings (SSSR count). The number of nitriles is 1. The van der Waals surface area contributed by atoms with Gasteiger partial charge >= 0.3 is 5.97 Å². The third-order valence-electron chi connectivity index (χ3n) is 3.64. The van der Waals surface area contributed by atoms with E-state index in [4.69, 9.17) is 9.47 Å². The van der Waals surface area contributed by atoms with Gasteiger partial charge in [0, 0.05) is 18.0 Å². The van der Waals surface area contributed by atoms with E-state index in [1.54, 1.807) is 30.5 Å². The first-order valence-electron chi connectivity index (χ1n) is 7.62. The Morgan fingerprint density at radius 3 is 2.79 bits per heavy atom. The summed E-state index contributed by atoms with van der Waals surface area (Å²) in [6.45, 7) is 2.35. The standard InChI is InChI=1S/C19H16N2O3/c1-2-23-18-9-4-3-7-15(18)19(22)24-13-14-12-21-10-6-5-8-17(21)16(14)11-20/h3-10,12H,2,13H2,1H3. The molecule has 3 aromatic rings. The maximum Gasteiger partial charge on any atom is 0.342 e. The van der Waals surface area contributed by atoms with Crippen LogP contribution in [0.2, 0.25) is 0 Å². The van der Waals surface area contributed by atoms with Crippen LogP contribution in [0.25, 0.3) is 5.52 Å². The first-order valence-corrected chi connectivity index (χ1v) is 7.62. The highest BCUT2D eigenvalue weighted by Gasteiger charge is 2.16. The van der Waals surface area contributed by atoms with E-state index in [1.165, 1.54) is 0 Å². The predicted octanol–water partition coefficient (Wildman–Crippen LogP) is 3.57. The van der Waals surface area contributed by atoms with Crippen LogP contribution < -0.4 is 4.74 Å². The van der Waals surface area contributed by atoms with Crippen LogP contribution in [0.4, 0.5) is 0 Å². The first kappa shape index (κ1) is 15.6. The molecule has 0 unspecified atom stereocenters. The minimum atomic E-state index is -0.474. The molecule has 1 aromatic carbocycles. The molecule has 0 saturated carbocycles. The number of carbonyl (C=O) groups is 1. The SMILES string of the molecule is CCOc1ccccc1C(=O)OCc1cn2ccccc2c1C#N. The zero-order valence-corrected chi connectivity index (χ0v) is 13.2. The van der Waals surface area contributed by atoms with E-state index in [9.17, 15) is 10.1 Å². The van der Waals surface area contributed by atoms with Crippen LogP contribution >= 0.6 is 0 Å². The Labute approximate surface area is 139 Å². The molecule has 5 heteroatoms. The number of esters is 1. The predicted molar refractivity (Wildman–Crippen MR) is 88.8 cm³/mol. The van der Waals surface area contributed by atoms with Gasteiger partial charge in [-0.3, -0.25) is 0 Å². The van der Waals surface area contributed by atoms with E-state index in [1.807, 2.05) is 35.7 Å². The van der Waals surface area contributed by atoms with Gasteiger partial charge in [0.25, 0.3) is 0 Å². The van der Waals surface area contributed by atoms with Crippen LogP contribution in [-0.4, -0.2) is 17.0 Å². The number of para-hydroxylation sites is 1. The molecule has 0 N–H and O–H groups in total. The van der Waals surface area contributed by atoms with Crippen LogP contribution in [-0.2, 0) is 11.3 Å². The number of rotatable bonds is 5. The maximum absolute atomic E-state index is 12.3. The molecule has 0 aliphatic rings. The second-order valence-electron chi connectivity index (χ2n) is 5.14. The number of carbonyl (C=O) groups excluding carboxylic acids is 1. The second kappa shape index (κ2) is 6.88. The number of nitrogens with zero attached hydrogens (tertiary/aromatic N) is 2. The molecule has 120 valence electrons. The van der Waals surface area contributed by atoms with Crippen molar-refractivity contribution in [2.45, 2.75) is 13.5 Å². The summed E-state index contributed by atoms with van der Waals surface area (Å²) < 4.78 is 12.7. The highest BCUT2D eigenvalue weighted by Crippen LogP contribution is 2.22. The normalized spacial score (nSPS) is 10.3. The molecule has 0 aliphatic carbocycles. The van der Waals surface area contributed by atoms with Gasteiger partial charge in [0.1, 0.15) is 24.0 Å². The van der Waals surface area contributed by atoms with Gasteiger partial charge in [-0.25, -0.2) is 4.79 Å². The van der Waals surface area contributed by atoms with Gasteiger partial charge < -0.3 is 13.9 Å². The molecule has 24 heavy (non-hydrogen) atoms. The third kappa shape index (κ3) is 2.95. The monoisotopic (exact) mass is 320 g/mol. The maximum atomic E-state index is 12.3. The molecule has 0 radical (unpaired) electrons. The molecule has 2 heterocycles. The summed E-state index contributed by atoms with van der Waals surface area (Å²) >= 11 is 0. The molecule has 0 fully saturated rings. The Balaban J connectivity index is 1.82. The Morgan fingerprint density at radius 1 is 1.21 bits per heavy atom. The topological polar surface area (TPSA) is 63.7 Å². The van der Waals surface area contributed by atoms with Crippen molar-refractivity contribution in [3.8, 4) is 11.8 Å². The summed E-state index contributed by atoms with van der Waals surface area (Å²) in [5, 5.41) is 9.38. The molecule has 0 saturated heterocycles. The lowest BCUT2D eigenvalue weighted by molar-refractivity contribution is 0.0468. The van der Waals surface area contributed by atoms with Crippen molar-refractivity contribution in [3.05, 3.63) is 71.5 Å². The van der Waals surface area contributed by atoms with Gasteiger partial charge in [-0.05, 0) is 31.2 Å². The van der Waals surface area contributed by atoms with Crippen LogP contribution in [0.5, 0.6) is 5.75 Å². The van der Waals surface area contributed by atoms with Crippen LogP contribution in [0, 0.1) is 11.3 Å². The molecule has 0 aliphatic heterocycles. The summed E-state index contributed by atoms with van der Waals surface area (Å²) in [5.41, 5.74) is 2.36. The molecule has 0 amide bonds. The van der Waals surface area contributed by atoms with E-state index < -0.39 is 5.97 Å². The third-order valence-corrected chi connectivity index (χ3v) is 3.64. The number of pyridine rings is 1. The van der Waals surface area contributed by atoms with Gasteiger partial charge in [-0.1, -0.05) is 18.2 Å². The largest absolute Gasteiger partial charge is 0.493 e. The molecule has 0 spiro atoms. The van der Waals surface area contributed by atoms with Gasteiger partial charge in [-0.15, -0.1) is 0 Å². The minimum absolute atomic E-state index is 0.0316. The zero-order chi connectivity index (χ0) is 16.9. The number of hydrogen-bond acceptors (Lipinski definition) is 4. The van der Waals surface area contributed by atoms with Crippen molar-refractivity contribution >= 4 is 11.5 Å². The smallest absolute Gasteiger partial charge is 0.342 e. The number of fused-ring (bicyclic) bond motifs is 1. The number of ether oxygens (including phenoxy) is 2. The summed E-state index contributed by atoms with van der Waals surface area (Å²) in [5.74, 6) is 0.0192. The second-order valence-corrected chi connectivity index (χ2v) is 5.14. The molecular weight excluding hydrogens is 304 g/mol. The summed E-state index contributed by atoms with van der Waals surface area (Å²) in [4.78, 5) is 12.3. The van der Waals surface area contributed by atoms with Crippen LogP contribution in [0.3, 0.4) is 0 Å². The van der Waals surface area contributed by atoms with E-state index in [2.05, 4.69) is 6.07 Å². The van der Waals surface area contributed by atoms with Crippen molar-refractivity contribution in [2.75, 3.05) is 6.61 Å². The molecule has 5 nitrogen and oxygen atoms in total. The molecule has 0 bridgehead atoms. The van der Waals surface area contributed by atoms with E-state index in [0.717, 1.165) is 5.52 Å². The van der Waals surface area contributed by atoms with Gasteiger partial charge in [-0.2, -0.15) is 5.26 Å². The average Bonchev–Trinajstić information content (AvgIpc) is 2.98. The van der Waals surface area contributed by atoms with E-state index in [0.29, 0.717) is 29.0 Å². The first-order chi connectivity index (χ1) is 11.7. The Kier molecular flexibility index (Phi) is 4.48. The van der Waals surface area contributed by atoms with Crippen molar-refractivity contribution < 1.29 is 14.3 Å². The fourth-order valence-electron chi connectivity index (χ4n) is 2.55. The van der Waals surface area contributed by atoms with Crippen LogP contribution in [0.1, 0.15) is 28.4 Å². The Hall–Kier alpha value is -3.26. The number of benzene rings is 1. The minimum Gasteiger partial charge on any atom is -0.493 e. The highest BCUT2D eigenvalue weighted by molar-refractivity contribution is 5.92. The van der Waals surface area contributed by atoms with Gasteiger partial charge in [0.2, 0.25) is 0 Å². The zero-order valence-electron chi connectivity index (χ0n) is 13.2. The average molecular weight is 320 g/mol. The van der Waals surface area contributed by atoms with Crippen LogP contribution in [0.15, 0.2) is 54.9 Å². The Morgan fingerprint density at radius 2 is 2.00 bits per heavy atom. The lowest BCUT2D eigenvalue weighted by Gasteiger charge is -2.09. The fraction of sp³-hybridized carbons (Fsp3) is 0.158. The summed E-state index contributed by atoms with van der Waals surface area (Å²) in [7, 11) is 0. The van der Waals surface area contributed by atoms with Crippen molar-refractivity contribution in [1.82, 2.24) is 4.40 Å². The molecular formula is C19H16N2O3. The highest BCUT2D eigenvalue weighted by atomic mass is 16.5. The lowest BCUT2D eigenvalue weighted by atomic mass is 10.2. The van der Waals surface area contributed by atoms with Crippen molar-refractivity contribution in [3.63, 3.8) is 0 Å². The summed E-state index contributed by atoms with van der Waals surface area (Å²) in [6.07, 6.45) is 3.65. The lowest BCUT2D eigenvalue weighted by Crippen LogP contribution is -2.08. The number of hydrogen-bond donors (Lipinski definition) is 0. The molecule has 2 aromatic heterocycles. The quantitative estimate of drug-likeness (QED) is 0.674. The van der Waals surface area contributed by atoms with Crippen molar-refractivity contribution in [2.24, 2.45) is 0 Å². The van der Waals surface area contributed by atoms with Gasteiger partial charge in [0.15, 0.2) is 0 Å².